The predicted octanol–water partition coefficient (Wildman–Crippen LogP) is 4.98. The Morgan fingerprint density at radius 3 is 2.33 bits per heavy atom. The van der Waals surface area contributed by atoms with Crippen LogP contribution in [0, 0.1) is 0 Å². The summed E-state index contributed by atoms with van der Waals surface area (Å²) in [7, 11) is 0. The fraction of sp³-hybridized carbons (Fsp3) is 0.226. The molecule has 0 spiro atoms. The highest BCUT2D eigenvalue weighted by molar-refractivity contribution is 8.26. The molecule has 1 amide bonds. The van der Waals surface area contributed by atoms with Crippen LogP contribution in [0.5, 0.6) is 0 Å². The molecule has 2 aromatic heterocycles. The summed E-state index contributed by atoms with van der Waals surface area (Å²) in [5.74, 6) is 0.416. The van der Waals surface area contributed by atoms with E-state index >= 15 is 0 Å². The van der Waals surface area contributed by atoms with Crippen LogP contribution in [0.4, 0.5) is 5.82 Å². The third kappa shape index (κ3) is 5.20. The van der Waals surface area contributed by atoms with Crippen molar-refractivity contribution in [3.8, 4) is 0 Å². The van der Waals surface area contributed by atoms with Gasteiger partial charge < -0.3 is 4.90 Å². The first kappa shape index (κ1) is 26.4. The Bertz CT molecular complexity index is 1650. The van der Waals surface area contributed by atoms with Gasteiger partial charge in [0, 0.05) is 38.9 Å². The number of hydrogen-bond acceptors (Lipinski definition) is 7. The van der Waals surface area contributed by atoms with Gasteiger partial charge in [-0.1, -0.05) is 90.7 Å². The van der Waals surface area contributed by atoms with Crippen LogP contribution in [0.25, 0.3) is 11.7 Å². The number of aromatic nitrogens is 2. The van der Waals surface area contributed by atoms with Crippen LogP contribution in [0.15, 0.2) is 94.8 Å². The Balaban J connectivity index is 1.32. The summed E-state index contributed by atoms with van der Waals surface area (Å²) in [6.45, 7) is 6.01. The Morgan fingerprint density at radius 1 is 0.925 bits per heavy atom. The van der Waals surface area contributed by atoms with Crippen LogP contribution in [-0.4, -0.2) is 55.6 Å². The van der Waals surface area contributed by atoms with Crippen molar-refractivity contribution in [1.82, 2.24) is 19.2 Å². The standard InChI is InChI=1S/C31H29N5O2S2/c1-22(24-12-6-3-7-13-24)36-30(38)26(40-31(36)39)20-25-28(32-27-14-8-9-15-35(27)29(25)37)34-18-16-33(17-19-34)21-23-10-4-2-5-11-23/h2-15,20,22H,16-19,21H2,1H3/b26-20-. The van der Waals surface area contributed by atoms with Crippen molar-refractivity contribution in [2.45, 2.75) is 19.5 Å². The smallest absolute Gasteiger partial charge is 0.267 e. The fourth-order valence-corrected chi connectivity index (χ4v) is 6.64. The van der Waals surface area contributed by atoms with Gasteiger partial charge in [-0.15, -0.1) is 0 Å². The maximum atomic E-state index is 13.8. The number of nitrogens with zero attached hydrogens (tertiary/aromatic N) is 5. The molecule has 2 saturated heterocycles. The molecule has 0 saturated carbocycles. The first-order chi connectivity index (χ1) is 19.5. The van der Waals surface area contributed by atoms with E-state index in [1.165, 1.54) is 21.7 Å². The molecule has 0 radical (unpaired) electrons. The summed E-state index contributed by atoms with van der Waals surface area (Å²) in [6.07, 6.45) is 3.41. The summed E-state index contributed by atoms with van der Waals surface area (Å²) in [5, 5.41) is 0. The normalized spacial score (nSPS) is 18.2. The summed E-state index contributed by atoms with van der Waals surface area (Å²) in [4.78, 5) is 39.0. The fourth-order valence-electron chi connectivity index (χ4n) is 5.24. The lowest BCUT2D eigenvalue weighted by Gasteiger charge is -2.36. The molecule has 2 aromatic carbocycles. The second-order valence-corrected chi connectivity index (χ2v) is 11.6. The van der Waals surface area contributed by atoms with Crippen molar-refractivity contribution in [2.75, 3.05) is 31.1 Å². The van der Waals surface area contributed by atoms with E-state index in [0.29, 0.717) is 26.3 Å². The lowest BCUT2D eigenvalue weighted by atomic mass is 10.1. The van der Waals surface area contributed by atoms with Crippen molar-refractivity contribution in [3.05, 3.63) is 117 Å². The number of benzene rings is 2. The molecular formula is C31H29N5O2S2. The van der Waals surface area contributed by atoms with Gasteiger partial charge in [0.05, 0.1) is 16.5 Å². The number of hydrogen-bond donors (Lipinski definition) is 0. The zero-order chi connectivity index (χ0) is 27.6. The molecule has 0 N–H and O–H groups in total. The number of carbonyl (C=O) groups excluding carboxylic acids is 1. The van der Waals surface area contributed by atoms with E-state index in [-0.39, 0.29) is 17.5 Å². The van der Waals surface area contributed by atoms with Crippen LogP contribution < -0.4 is 10.5 Å². The van der Waals surface area contributed by atoms with E-state index in [9.17, 15) is 9.59 Å². The van der Waals surface area contributed by atoms with Crippen LogP contribution in [0.3, 0.4) is 0 Å². The van der Waals surface area contributed by atoms with Gasteiger partial charge in [0.25, 0.3) is 11.5 Å². The van der Waals surface area contributed by atoms with Gasteiger partial charge in [-0.3, -0.25) is 23.8 Å². The highest BCUT2D eigenvalue weighted by Crippen LogP contribution is 2.38. The maximum Gasteiger partial charge on any atom is 0.267 e. The number of carbonyl (C=O) groups is 1. The van der Waals surface area contributed by atoms with Gasteiger partial charge in [-0.25, -0.2) is 4.98 Å². The van der Waals surface area contributed by atoms with Crippen LogP contribution in [0.1, 0.15) is 29.7 Å². The van der Waals surface area contributed by atoms with Crippen LogP contribution in [-0.2, 0) is 11.3 Å². The van der Waals surface area contributed by atoms with Crippen molar-refractivity contribution < 1.29 is 4.79 Å². The van der Waals surface area contributed by atoms with Crippen molar-refractivity contribution in [1.29, 1.82) is 0 Å². The number of thioether (sulfide) groups is 1. The van der Waals surface area contributed by atoms with Gasteiger partial charge in [0.15, 0.2) is 0 Å². The van der Waals surface area contributed by atoms with Gasteiger partial charge in [-0.2, -0.15) is 0 Å². The maximum absolute atomic E-state index is 13.8. The topological polar surface area (TPSA) is 61.2 Å². The third-order valence-electron chi connectivity index (χ3n) is 7.44. The second kappa shape index (κ2) is 11.4. The zero-order valence-electron chi connectivity index (χ0n) is 22.1. The molecule has 7 nitrogen and oxygen atoms in total. The molecule has 2 fully saturated rings. The number of amides is 1. The summed E-state index contributed by atoms with van der Waals surface area (Å²) >= 11 is 6.87. The quantitative estimate of drug-likeness (QED) is 0.241. The molecule has 1 atom stereocenters. The average Bonchev–Trinajstić information content (AvgIpc) is 3.27. The Hall–Kier alpha value is -3.79. The number of piperazine rings is 1. The highest BCUT2D eigenvalue weighted by Gasteiger charge is 2.36. The Labute approximate surface area is 242 Å². The molecule has 0 bridgehead atoms. The minimum Gasteiger partial charge on any atom is -0.353 e. The van der Waals surface area contributed by atoms with E-state index < -0.39 is 0 Å². The highest BCUT2D eigenvalue weighted by atomic mass is 32.2. The molecule has 40 heavy (non-hydrogen) atoms. The number of pyridine rings is 1. The SMILES string of the molecule is CC(c1ccccc1)N1C(=O)/C(=C/c2c(N3CCN(Cc4ccccc4)CC3)nc3ccccn3c2=O)SC1=S. The van der Waals surface area contributed by atoms with Gasteiger partial charge in [0.2, 0.25) is 0 Å². The number of rotatable bonds is 6. The molecular weight excluding hydrogens is 539 g/mol. The number of fused-ring (bicyclic) bond motifs is 1. The van der Waals surface area contributed by atoms with Crippen molar-refractivity contribution in [3.63, 3.8) is 0 Å². The van der Waals surface area contributed by atoms with E-state index in [4.69, 9.17) is 17.2 Å². The monoisotopic (exact) mass is 567 g/mol. The lowest BCUT2D eigenvalue weighted by Crippen LogP contribution is -2.47. The molecule has 2 aliphatic rings. The average molecular weight is 568 g/mol. The first-order valence-corrected chi connectivity index (χ1v) is 14.6. The predicted molar refractivity (Wildman–Crippen MR) is 165 cm³/mol. The summed E-state index contributed by atoms with van der Waals surface area (Å²) in [6, 6.07) is 25.6. The molecule has 2 aliphatic heterocycles. The number of anilines is 1. The lowest BCUT2D eigenvalue weighted by molar-refractivity contribution is -0.123. The molecule has 6 rings (SSSR count). The largest absolute Gasteiger partial charge is 0.353 e. The van der Waals surface area contributed by atoms with Crippen molar-refractivity contribution in [2.24, 2.45) is 0 Å². The molecule has 4 heterocycles. The molecule has 202 valence electrons. The Morgan fingerprint density at radius 2 is 1.60 bits per heavy atom. The summed E-state index contributed by atoms with van der Waals surface area (Å²) in [5.41, 5.74) is 3.07. The van der Waals surface area contributed by atoms with E-state index in [1.807, 2.05) is 61.5 Å². The van der Waals surface area contributed by atoms with Gasteiger partial charge >= 0.3 is 0 Å². The first-order valence-electron chi connectivity index (χ1n) is 13.3. The molecule has 1 unspecified atom stereocenters. The van der Waals surface area contributed by atoms with E-state index in [2.05, 4.69) is 34.1 Å². The van der Waals surface area contributed by atoms with Gasteiger partial charge in [-0.05, 0) is 36.3 Å². The molecule has 4 aromatic rings. The van der Waals surface area contributed by atoms with E-state index in [1.54, 1.807) is 17.2 Å². The minimum atomic E-state index is -0.215. The van der Waals surface area contributed by atoms with Crippen LogP contribution >= 0.6 is 24.0 Å². The molecule has 9 heteroatoms. The minimum absolute atomic E-state index is 0.192. The second-order valence-electron chi connectivity index (χ2n) is 9.97. The summed E-state index contributed by atoms with van der Waals surface area (Å²) < 4.78 is 2.02. The Kier molecular flexibility index (Phi) is 7.51. The molecule has 0 aliphatic carbocycles. The van der Waals surface area contributed by atoms with Crippen molar-refractivity contribution >= 4 is 51.7 Å². The zero-order valence-corrected chi connectivity index (χ0v) is 23.8. The van der Waals surface area contributed by atoms with E-state index in [0.717, 1.165) is 38.3 Å². The van der Waals surface area contributed by atoms with Gasteiger partial charge in [0.1, 0.15) is 15.8 Å². The third-order valence-corrected chi connectivity index (χ3v) is 8.77. The number of thiocarbonyl (C=S) groups is 1. The van der Waals surface area contributed by atoms with Crippen LogP contribution in [0.2, 0.25) is 0 Å².